The van der Waals surface area contributed by atoms with E-state index < -0.39 is 0 Å². The number of nitrogens with one attached hydrogen (secondary N) is 2. The normalized spacial score (nSPS) is 11.0. The van der Waals surface area contributed by atoms with Gasteiger partial charge < -0.3 is 4.98 Å². The highest BCUT2D eigenvalue weighted by atomic mass is 16.1. The average molecular weight is 201 g/mol. The monoisotopic (exact) mass is 201 g/mol. The standard InChI is InChI=1S/C11H11N3O/c1-2-5-10(15)14-11-12-8-6-3-4-7-9(8)13-11/h2-7H,1H3,(H2,12,13,14,15). The molecular formula is C11H11N3O. The van der Waals surface area contributed by atoms with Gasteiger partial charge in [0.1, 0.15) is 0 Å². The van der Waals surface area contributed by atoms with Crippen LogP contribution in [0.1, 0.15) is 6.92 Å². The number of fused-ring (bicyclic) bond motifs is 1. The van der Waals surface area contributed by atoms with E-state index in [1.807, 2.05) is 24.3 Å². The molecule has 0 unspecified atom stereocenters. The van der Waals surface area contributed by atoms with Crippen molar-refractivity contribution in [2.24, 2.45) is 0 Å². The van der Waals surface area contributed by atoms with Gasteiger partial charge in [0.25, 0.3) is 0 Å². The molecule has 2 rings (SSSR count). The minimum Gasteiger partial charge on any atom is -0.324 e. The fourth-order valence-electron chi connectivity index (χ4n) is 1.32. The fraction of sp³-hybridized carbons (Fsp3) is 0.0909. The van der Waals surface area contributed by atoms with Gasteiger partial charge in [-0.2, -0.15) is 0 Å². The smallest absolute Gasteiger partial charge is 0.250 e. The molecule has 15 heavy (non-hydrogen) atoms. The number of H-pyrrole nitrogens is 1. The van der Waals surface area contributed by atoms with Crippen LogP contribution >= 0.6 is 0 Å². The van der Waals surface area contributed by atoms with E-state index in [4.69, 9.17) is 0 Å². The summed E-state index contributed by atoms with van der Waals surface area (Å²) >= 11 is 0. The first-order valence-corrected chi connectivity index (χ1v) is 4.68. The molecule has 0 radical (unpaired) electrons. The molecule has 2 N–H and O–H groups in total. The Morgan fingerprint density at radius 2 is 2.27 bits per heavy atom. The van der Waals surface area contributed by atoms with Gasteiger partial charge in [-0.3, -0.25) is 10.1 Å². The lowest BCUT2D eigenvalue weighted by Crippen LogP contribution is -2.08. The SMILES string of the molecule is CC=CC(=O)Nc1nc2ccccc2[nH]1. The lowest BCUT2D eigenvalue weighted by molar-refractivity contribution is -0.111. The van der Waals surface area contributed by atoms with Gasteiger partial charge in [0, 0.05) is 0 Å². The van der Waals surface area contributed by atoms with Crippen LogP contribution in [-0.2, 0) is 4.79 Å². The van der Waals surface area contributed by atoms with Crippen molar-refractivity contribution >= 4 is 22.9 Å². The topological polar surface area (TPSA) is 57.8 Å². The number of para-hydroxylation sites is 2. The van der Waals surface area contributed by atoms with Crippen molar-refractivity contribution in [1.29, 1.82) is 0 Å². The number of hydrogen-bond acceptors (Lipinski definition) is 2. The maximum atomic E-state index is 11.2. The Bertz CT molecular complexity index is 480. The van der Waals surface area contributed by atoms with E-state index in [2.05, 4.69) is 15.3 Å². The molecule has 0 spiro atoms. The van der Waals surface area contributed by atoms with Crippen LogP contribution in [0.3, 0.4) is 0 Å². The van der Waals surface area contributed by atoms with Crippen molar-refractivity contribution in [2.75, 3.05) is 5.32 Å². The van der Waals surface area contributed by atoms with E-state index in [0.29, 0.717) is 5.95 Å². The van der Waals surface area contributed by atoms with Crippen molar-refractivity contribution < 1.29 is 4.79 Å². The number of hydrogen-bond donors (Lipinski definition) is 2. The van der Waals surface area contributed by atoms with Crippen LogP contribution < -0.4 is 5.32 Å². The highest BCUT2D eigenvalue weighted by molar-refractivity contribution is 5.98. The molecule has 76 valence electrons. The third-order valence-corrected chi connectivity index (χ3v) is 1.95. The second kappa shape index (κ2) is 3.96. The molecule has 2 aromatic rings. The quantitative estimate of drug-likeness (QED) is 0.731. The molecule has 4 heteroatoms. The van der Waals surface area contributed by atoms with Crippen LogP contribution in [0, 0.1) is 0 Å². The molecule has 0 aliphatic carbocycles. The molecule has 0 fully saturated rings. The van der Waals surface area contributed by atoms with Gasteiger partial charge in [-0.15, -0.1) is 0 Å². The summed E-state index contributed by atoms with van der Waals surface area (Å²) in [7, 11) is 0. The van der Waals surface area contributed by atoms with Gasteiger partial charge in [-0.25, -0.2) is 4.98 Å². The predicted molar refractivity (Wildman–Crippen MR) is 59.5 cm³/mol. The molecule has 0 saturated heterocycles. The Balaban J connectivity index is 2.26. The highest BCUT2D eigenvalue weighted by Crippen LogP contribution is 2.12. The molecule has 1 aromatic heterocycles. The van der Waals surface area contributed by atoms with Crippen LogP contribution in [0.25, 0.3) is 11.0 Å². The summed E-state index contributed by atoms with van der Waals surface area (Å²) in [4.78, 5) is 18.5. The molecule has 1 amide bonds. The lowest BCUT2D eigenvalue weighted by Gasteiger charge is -1.94. The molecule has 1 heterocycles. The number of imidazole rings is 1. The van der Waals surface area contributed by atoms with E-state index in [1.54, 1.807) is 13.0 Å². The molecule has 0 bridgehead atoms. The third-order valence-electron chi connectivity index (χ3n) is 1.95. The summed E-state index contributed by atoms with van der Waals surface area (Å²) in [5.74, 6) is 0.288. The molecule has 0 aliphatic rings. The molecule has 0 atom stereocenters. The minimum atomic E-state index is -0.184. The van der Waals surface area contributed by atoms with Gasteiger partial charge in [-0.05, 0) is 25.1 Å². The summed E-state index contributed by atoms with van der Waals surface area (Å²) in [5, 5.41) is 2.64. The number of aromatic nitrogens is 2. The largest absolute Gasteiger partial charge is 0.324 e. The first-order chi connectivity index (χ1) is 7.29. The summed E-state index contributed by atoms with van der Waals surface area (Å²) < 4.78 is 0. The second-order valence-electron chi connectivity index (χ2n) is 3.09. The second-order valence-corrected chi connectivity index (χ2v) is 3.09. The van der Waals surface area contributed by atoms with Crippen molar-refractivity contribution in [1.82, 2.24) is 9.97 Å². The van der Waals surface area contributed by atoms with Gasteiger partial charge >= 0.3 is 0 Å². The number of carbonyl (C=O) groups is 1. The van der Waals surface area contributed by atoms with Crippen LogP contribution in [-0.4, -0.2) is 15.9 Å². The van der Waals surface area contributed by atoms with Gasteiger partial charge in [0.05, 0.1) is 11.0 Å². The van der Waals surface area contributed by atoms with Gasteiger partial charge in [0.2, 0.25) is 11.9 Å². The fourth-order valence-corrected chi connectivity index (χ4v) is 1.32. The molecular weight excluding hydrogens is 190 g/mol. The number of benzene rings is 1. The zero-order valence-corrected chi connectivity index (χ0v) is 8.32. The van der Waals surface area contributed by atoms with Crippen LogP contribution in [0.15, 0.2) is 36.4 Å². The van der Waals surface area contributed by atoms with Gasteiger partial charge in [0.15, 0.2) is 0 Å². The summed E-state index contributed by atoms with van der Waals surface area (Å²) in [5.41, 5.74) is 1.75. The average Bonchev–Trinajstić information content (AvgIpc) is 2.59. The number of nitrogens with zero attached hydrogens (tertiary/aromatic N) is 1. The number of anilines is 1. The maximum absolute atomic E-state index is 11.2. The third kappa shape index (κ3) is 2.04. The summed E-state index contributed by atoms with van der Waals surface area (Å²) in [6.45, 7) is 1.79. The summed E-state index contributed by atoms with van der Waals surface area (Å²) in [6.07, 6.45) is 3.13. The highest BCUT2D eigenvalue weighted by Gasteiger charge is 2.02. The van der Waals surface area contributed by atoms with E-state index in [9.17, 15) is 4.79 Å². The summed E-state index contributed by atoms with van der Waals surface area (Å²) in [6, 6.07) is 7.61. The van der Waals surface area contributed by atoms with Crippen molar-refractivity contribution in [3.05, 3.63) is 36.4 Å². The van der Waals surface area contributed by atoms with Crippen molar-refractivity contribution in [3.8, 4) is 0 Å². The van der Waals surface area contributed by atoms with E-state index in [0.717, 1.165) is 11.0 Å². The lowest BCUT2D eigenvalue weighted by atomic mass is 10.3. The molecule has 0 aliphatic heterocycles. The van der Waals surface area contributed by atoms with Crippen LogP contribution in [0.2, 0.25) is 0 Å². The molecule has 1 aromatic carbocycles. The van der Waals surface area contributed by atoms with E-state index in [1.165, 1.54) is 6.08 Å². The zero-order chi connectivity index (χ0) is 10.7. The number of carbonyl (C=O) groups excluding carboxylic acids is 1. The Morgan fingerprint density at radius 3 is 3.00 bits per heavy atom. The van der Waals surface area contributed by atoms with Gasteiger partial charge in [-0.1, -0.05) is 18.2 Å². The number of allylic oxidation sites excluding steroid dienone is 1. The predicted octanol–water partition coefficient (Wildman–Crippen LogP) is 2.08. The zero-order valence-electron chi connectivity index (χ0n) is 8.32. The Hall–Kier alpha value is -2.10. The number of aromatic amines is 1. The number of rotatable bonds is 2. The Kier molecular flexibility index (Phi) is 2.49. The Labute approximate surface area is 87.0 Å². The minimum absolute atomic E-state index is 0.184. The maximum Gasteiger partial charge on any atom is 0.250 e. The van der Waals surface area contributed by atoms with Crippen LogP contribution in [0.4, 0.5) is 5.95 Å². The van der Waals surface area contributed by atoms with Crippen molar-refractivity contribution in [2.45, 2.75) is 6.92 Å². The first-order valence-electron chi connectivity index (χ1n) is 4.68. The number of amides is 1. The van der Waals surface area contributed by atoms with Crippen molar-refractivity contribution in [3.63, 3.8) is 0 Å². The molecule has 0 saturated carbocycles. The first kappa shape index (κ1) is 9.45. The molecule has 4 nitrogen and oxygen atoms in total. The van der Waals surface area contributed by atoms with E-state index in [-0.39, 0.29) is 5.91 Å². The van der Waals surface area contributed by atoms with Crippen LogP contribution in [0.5, 0.6) is 0 Å². The van der Waals surface area contributed by atoms with E-state index >= 15 is 0 Å². The Morgan fingerprint density at radius 1 is 1.47 bits per heavy atom.